The van der Waals surface area contributed by atoms with E-state index in [0.717, 1.165) is 89.0 Å². The SMILES string of the molecule is c1ccc(-c2ccc(N(c3ccc(-c4ccc(-n5c6ccccc6c6cc7c(cc65)Oc5ccccc5O7)cc4)cc3)c3ccc(-c4nc5ccccc5s4)cc3)cc2)cc1. The lowest BCUT2D eigenvalue weighted by Gasteiger charge is -2.26. The molecule has 0 atom stereocenters. The fourth-order valence-corrected chi connectivity index (χ4v) is 9.48. The molecule has 11 aromatic rings. The van der Waals surface area contributed by atoms with Gasteiger partial charge in [0.05, 0.1) is 21.3 Å². The minimum Gasteiger partial charge on any atom is -0.449 e. The Kier molecular flexibility index (Phi) is 8.28. The second kappa shape index (κ2) is 14.4. The van der Waals surface area contributed by atoms with Crippen molar-refractivity contribution in [1.82, 2.24) is 9.55 Å². The molecular weight excluding hydrogens is 767 g/mol. The number of fused-ring (bicyclic) bond motifs is 6. The highest BCUT2D eigenvalue weighted by molar-refractivity contribution is 7.21. The van der Waals surface area contributed by atoms with Crippen molar-refractivity contribution in [2.75, 3.05) is 4.90 Å². The molecule has 6 heteroatoms. The molecule has 0 N–H and O–H groups in total. The molecule has 2 aromatic heterocycles. The number of hydrogen-bond donors (Lipinski definition) is 0. The topological polar surface area (TPSA) is 39.5 Å². The Morgan fingerprint density at radius 3 is 1.54 bits per heavy atom. The molecule has 0 aliphatic carbocycles. The number of nitrogens with zero attached hydrogens (tertiary/aromatic N) is 3. The molecule has 9 aromatic carbocycles. The van der Waals surface area contributed by atoms with E-state index in [1.54, 1.807) is 11.3 Å². The van der Waals surface area contributed by atoms with Gasteiger partial charge in [0, 0.05) is 45.2 Å². The summed E-state index contributed by atoms with van der Waals surface area (Å²) in [4.78, 5) is 7.23. The molecule has 0 radical (unpaired) electrons. The molecule has 3 heterocycles. The van der Waals surface area contributed by atoms with Crippen LogP contribution in [0.4, 0.5) is 17.1 Å². The summed E-state index contributed by atoms with van der Waals surface area (Å²) in [6.07, 6.45) is 0. The molecule has 0 saturated heterocycles. The van der Waals surface area contributed by atoms with Crippen LogP contribution in [0.3, 0.4) is 0 Å². The molecule has 0 fully saturated rings. The smallest absolute Gasteiger partial charge is 0.172 e. The summed E-state index contributed by atoms with van der Waals surface area (Å²) in [5.41, 5.74) is 13.3. The third kappa shape index (κ3) is 6.20. The first kappa shape index (κ1) is 35.1. The molecule has 0 spiro atoms. The zero-order valence-corrected chi connectivity index (χ0v) is 33.6. The van der Waals surface area contributed by atoms with Crippen molar-refractivity contribution in [3.8, 4) is 61.5 Å². The van der Waals surface area contributed by atoms with Gasteiger partial charge in [-0.3, -0.25) is 0 Å². The number of ether oxygens (including phenoxy) is 2. The Labute approximate surface area is 356 Å². The number of benzene rings is 9. The number of hydrogen-bond acceptors (Lipinski definition) is 5. The van der Waals surface area contributed by atoms with E-state index in [9.17, 15) is 0 Å². The van der Waals surface area contributed by atoms with E-state index in [-0.39, 0.29) is 0 Å². The van der Waals surface area contributed by atoms with Crippen LogP contribution in [0.2, 0.25) is 0 Å². The maximum Gasteiger partial charge on any atom is 0.172 e. The Bertz CT molecular complexity index is 3360. The molecule has 288 valence electrons. The van der Waals surface area contributed by atoms with E-state index in [0.29, 0.717) is 5.75 Å². The summed E-state index contributed by atoms with van der Waals surface area (Å²) in [6.45, 7) is 0. The van der Waals surface area contributed by atoms with Gasteiger partial charge < -0.3 is 18.9 Å². The van der Waals surface area contributed by atoms with Crippen LogP contribution in [-0.2, 0) is 0 Å². The Balaban J connectivity index is 0.878. The molecule has 61 heavy (non-hydrogen) atoms. The van der Waals surface area contributed by atoms with Gasteiger partial charge in [-0.15, -0.1) is 11.3 Å². The summed E-state index contributed by atoms with van der Waals surface area (Å²) in [6, 6.07) is 74.6. The number of rotatable bonds is 7. The predicted octanol–water partition coefficient (Wildman–Crippen LogP) is 15.8. The summed E-state index contributed by atoms with van der Waals surface area (Å²) in [7, 11) is 0. The van der Waals surface area contributed by atoms with Crippen LogP contribution in [0.1, 0.15) is 0 Å². The van der Waals surface area contributed by atoms with E-state index in [4.69, 9.17) is 14.5 Å². The van der Waals surface area contributed by atoms with Crippen molar-refractivity contribution in [2.45, 2.75) is 0 Å². The third-order valence-electron chi connectivity index (χ3n) is 11.5. The second-order valence-electron chi connectivity index (χ2n) is 15.2. The fraction of sp³-hybridized carbons (Fsp3) is 0. The summed E-state index contributed by atoms with van der Waals surface area (Å²) >= 11 is 1.72. The lowest BCUT2D eigenvalue weighted by molar-refractivity contribution is 0.360. The van der Waals surface area contributed by atoms with Gasteiger partial charge in [-0.05, 0) is 119 Å². The molecular formula is C55H35N3O2S. The number of thiazole rings is 1. The van der Waals surface area contributed by atoms with Crippen molar-refractivity contribution in [2.24, 2.45) is 0 Å². The van der Waals surface area contributed by atoms with Gasteiger partial charge in [-0.2, -0.15) is 0 Å². The minimum absolute atomic E-state index is 0.706. The largest absolute Gasteiger partial charge is 0.449 e. The van der Waals surface area contributed by atoms with E-state index < -0.39 is 0 Å². The average molecular weight is 802 g/mol. The van der Waals surface area contributed by atoms with E-state index in [1.165, 1.54) is 15.8 Å². The summed E-state index contributed by atoms with van der Waals surface area (Å²) in [5, 5.41) is 3.30. The van der Waals surface area contributed by atoms with Crippen molar-refractivity contribution in [1.29, 1.82) is 0 Å². The van der Waals surface area contributed by atoms with E-state index in [2.05, 4.69) is 191 Å². The van der Waals surface area contributed by atoms with Gasteiger partial charge >= 0.3 is 0 Å². The van der Waals surface area contributed by atoms with Gasteiger partial charge in [-0.1, -0.05) is 109 Å². The maximum atomic E-state index is 6.35. The van der Waals surface area contributed by atoms with E-state index in [1.807, 2.05) is 30.3 Å². The van der Waals surface area contributed by atoms with Gasteiger partial charge in [0.1, 0.15) is 5.01 Å². The van der Waals surface area contributed by atoms with Gasteiger partial charge in [0.15, 0.2) is 23.0 Å². The summed E-state index contributed by atoms with van der Waals surface area (Å²) < 4.78 is 16.1. The lowest BCUT2D eigenvalue weighted by atomic mass is 10.0. The molecule has 1 aliphatic rings. The predicted molar refractivity (Wildman–Crippen MR) is 252 cm³/mol. The van der Waals surface area contributed by atoms with Crippen LogP contribution in [0.5, 0.6) is 23.0 Å². The molecule has 1 aliphatic heterocycles. The van der Waals surface area contributed by atoms with Crippen LogP contribution in [0, 0.1) is 0 Å². The van der Waals surface area contributed by atoms with Crippen LogP contribution < -0.4 is 14.4 Å². The van der Waals surface area contributed by atoms with Crippen LogP contribution in [-0.4, -0.2) is 9.55 Å². The van der Waals surface area contributed by atoms with Crippen molar-refractivity contribution < 1.29 is 9.47 Å². The lowest BCUT2D eigenvalue weighted by Crippen LogP contribution is -2.09. The quantitative estimate of drug-likeness (QED) is 0.161. The first-order valence-electron chi connectivity index (χ1n) is 20.3. The monoisotopic (exact) mass is 801 g/mol. The minimum atomic E-state index is 0.706. The zero-order chi connectivity index (χ0) is 40.3. The third-order valence-corrected chi connectivity index (χ3v) is 12.6. The average Bonchev–Trinajstić information content (AvgIpc) is 3.91. The highest BCUT2D eigenvalue weighted by Crippen LogP contribution is 2.48. The highest BCUT2D eigenvalue weighted by atomic mass is 32.1. The van der Waals surface area contributed by atoms with Gasteiger partial charge in [0.2, 0.25) is 0 Å². The zero-order valence-electron chi connectivity index (χ0n) is 32.8. The Morgan fingerprint density at radius 1 is 0.393 bits per heavy atom. The highest BCUT2D eigenvalue weighted by Gasteiger charge is 2.23. The molecule has 0 bridgehead atoms. The maximum absolute atomic E-state index is 6.35. The second-order valence-corrected chi connectivity index (χ2v) is 16.2. The van der Waals surface area contributed by atoms with E-state index >= 15 is 0 Å². The van der Waals surface area contributed by atoms with Crippen LogP contribution >= 0.6 is 11.3 Å². The van der Waals surface area contributed by atoms with Crippen molar-refractivity contribution in [3.63, 3.8) is 0 Å². The first-order valence-corrected chi connectivity index (χ1v) is 21.2. The Morgan fingerprint density at radius 2 is 0.902 bits per heavy atom. The Hall–Kier alpha value is -7.93. The fourth-order valence-electron chi connectivity index (χ4n) is 8.50. The van der Waals surface area contributed by atoms with Gasteiger partial charge in [-0.25, -0.2) is 4.98 Å². The normalized spacial score (nSPS) is 11.9. The molecule has 12 rings (SSSR count). The molecule has 0 amide bonds. The first-order chi connectivity index (χ1) is 30.2. The van der Waals surface area contributed by atoms with Crippen LogP contribution in [0.25, 0.3) is 70.5 Å². The van der Waals surface area contributed by atoms with Gasteiger partial charge in [0.25, 0.3) is 0 Å². The summed E-state index contributed by atoms with van der Waals surface area (Å²) in [5.74, 6) is 2.87. The molecule has 5 nitrogen and oxygen atoms in total. The number of anilines is 3. The van der Waals surface area contributed by atoms with Crippen molar-refractivity contribution in [3.05, 3.63) is 212 Å². The standard InChI is InChI=1S/C55H35N3O2S/c1-2-10-36(11-3-1)37-18-26-41(27-19-37)57(43-32-24-40(25-33-43)55-56-47-13-5-9-17-54(47)61-55)42-28-20-38(21-29-42)39-22-30-44(31-23-39)58-48-14-6-4-12-45(48)46-34-52-53(35-49(46)58)60-51-16-8-7-15-50(51)59-52/h1-35H. The molecule has 0 saturated carbocycles. The number of para-hydroxylation sites is 4. The number of aromatic nitrogens is 2. The van der Waals surface area contributed by atoms with Crippen LogP contribution in [0.15, 0.2) is 212 Å². The van der Waals surface area contributed by atoms with Crippen molar-refractivity contribution >= 4 is 60.4 Å². The molecule has 0 unspecified atom stereocenters.